The minimum atomic E-state index is -4.43. The van der Waals surface area contributed by atoms with E-state index in [9.17, 15) is 31.5 Å². The van der Waals surface area contributed by atoms with Crippen molar-refractivity contribution in [2.24, 2.45) is 0 Å². The average molecular weight is 519 g/mol. The highest BCUT2D eigenvalue weighted by molar-refractivity contribution is 6.08. The van der Waals surface area contributed by atoms with Crippen molar-refractivity contribution in [1.82, 2.24) is 10.8 Å². The topological polar surface area (TPSA) is 79.5 Å². The summed E-state index contributed by atoms with van der Waals surface area (Å²) >= 11 is 0. The molecule has 0 aliphatic carbocycles. The zero-order valence-electron chi connectivity index (χ0n) is 19.7. The smallest absolute Gasteiger partial charge is 0.308 e. The number of benzene rings is 3. The number of carbonyl (C=O) groups is 2. The van der Waals surface area contributed by atoms with Crippen molar-refractivity contribution in [3.8, 4) is 0 Å². The van der Waals surface area contributed by atoms with Crippen LogP contribution < -0.4 is 16.1 Å². The molecule has 0 atom stereocenters. The molecule has 0 radical (unpaired) electrons. The first-order valence-corrected chi connectivity index (χ1v) is 10.8. The highest BCUT2D eigenvalue weighted by Gasteiger charge is 2.30. The third kappa shape index (κ3) is 7.37. The number of hydrogen-bond acceptors (Lipinski definition) is 4. The van der Waals surface area contributed by atoms with Crippen LogP contribution >= 0.6 is 0 Å². The van der Waals surface area contributed by atoms with Gasteiger partial charge in [-0.1, -0.05) is 35.9 Å². The lowest BCUT2D eigenvalue weighted by molar-refractivity contribution is -0.137. The quantitative estimate of drug-likeness (QED) is 0.249. The first kappa shape index (κ1) is 27.3. The maximum absolute atomic E-state index is 13.7. The van der Waals surface area contributed by atoms with Gasteiger partial charge in [-0.2, -0.15) is 13.2 Å². The lowest BCUT2D eigenvalue weighted by atomic mass is 10.1. The number of hydroxylamine groups is 1. The molecule has 0 aliphatic heterocycles. The van der Waals surface area contributed by atoms with E-state index in [4.69, 9.17) is 4.84 Å². The summed E-state index contributed by atoms with van der Waals surface area (Å²) in [6.07, 6.45) is -4.43. The van der Waals surface area contributed by atoms with Gasteiger partial charge in [-0.25, -0.2) is 13.6 Å². The van der Waals surface area contributed by atoms with Crippen molar-refractivity contribution in [2.45, 2.75) is 26.6 Å². The van der Waals surface area contributed by atoms with E-state index in [0.29, 0.717) is 22.5 Å². The normalized spacial score (nSPS) is 11.0. The Hall–Kier alpha value is -4.25. The number of rotatable bonds is 7. The number of carbonyl (C=O) groups excluding carboxylic acids is 2. The highest BCUT2D eigenvalue weighted by Crippen LogP contribution is 2.30. The van der Waals surface area contributed by atoms with E-state index in [1.165, 1.54) is 24.3 Å². The van der Waals surface area contributed by atoms with Gasteiger partial charge in [0.2, 0.25) is 0 Å². The largest absolute Gasteiger partial charge is 0.416 e. The number of alkyl halides is 3. The molecule has 3 aromatic rings. The molecule has 0 saturated heterocycles. The Labute approximate surface area is 209 Å². The molecule has 3 rings (SSSR count). The molecule has 0 unspecified atom stereocenters. The molecule has 0 spiro atoms. The van der Waals surface area contributed by atoms with Crippen molar-refractivity contribution < 1.29 is 36.4 Å². The van der Waals surface area contributed by atoms with E-state index < -0.39 is 40.9 Å². The number of anilines is 1. The van der Waals surface area contributed by atoms with Gasteiger partial charge >= 0.3 is 12.2 Å². The van der Waals surface area contributed by atoms with Gasteiger partial charge in [0.05, 0.1) is 17.9 Å². The van der Waals surface area contributed by atoms with Crippen LogP contribution in [0.15, 0.2) is 72.3 Å². The van der Waals surface area contributed by atoms with E-state index >= 15 is 0 Å². The maximum Gasteiger partial charge on any atom is 0.416 e. The van der Waals surface area contributed by atoms with E-state index in [2.05, 4.69) is 10.8 Å². The van der Waals surface area contributed by atoms with E-state index in [-0.39, 0.29) is 6.61 Å². The van der Waals surface area contributed by atoms with Crippen molar-refractivity contribution in [2.75, 3.05) is 5.32 Å². The Morgan fingerprint density at radius 3 is 2.00 bits per heavy atom. The Morgan fingerprint density at radius 1 is 0.865 bits per heavy atom. The summed E-state index contributed by atoms with van der Waals surface area (Å²) in [6, 6.07) is 12.9. The van der Waals surface area contributed by atoms with Gasteiger partial charge in [-0.05, 0) is 61.4 Å². The molecule has 194 valence electrons. The molecular formula is C26H22F5N3O3. The average Bonchev–Trinajstić information content (AvgIpc) is 2.82. The molecule has 37 heavy (non-hydrogen) atoms. The number of halogens is 5. The minimum absolute atomic E-state index is 0.0783. The third-order valence-electron chi connectivity index (χ3n) is 5.04. The number of imide groups is 1. The van der Waals surface area contributed by atoms with Crippen molar-refractivity contribution in [3.05, 3.63) is 106 Å². The number of hydrogen-bond donors (Lipinski definition) is 3. The summed E-state index contributed by atoms with van der Waals surface area (Å²) in [6.45, 7) is 3.63. The van der Waals surface area contributed by atoms with Gasteiger partial charge in [0.25, 0.3) is 5.91 Å². The fourth-order valence-electron chi connectivity index (χ4n) is 3.19. The van der Waals surface area contributed by atoms with Crippen molar-refractivity contribution in [1.29, 1.82) is 0 Å². The molecule has 3 amide bonds. The molecule has 0 fully saturated rings. The Kier molecular flexibility index (Phi) is 8.61. The second kappa shape index (κ2) is 11.7. The van der Waals surface area contributed by atoms with Crippen molar-refractivity contribution >= 4 is 23.3 Å². The van der Waals surface area contributed by atoms with Gasteiger partial charge in [-0.3, -0.25) is 20.4 Å². The first-order chi connectivity index (χ1) is 17.5. The number of amides is 3. The standard InChI is InChI=1S/C26H22F5N3O3/c1-15(2)23(17-8-10-18(11-9-17)26(29,30)31)34-37-14-16-6-12-19(13-7-16)32-25(36)33-24(35)22-20(27)4-3-5-21(22)28/h3-13,34H,14H2,1-2H3,(H2,32,33,35,36). The zero-order chi connectivity index (χ0) is 27.2. The molecule has 0 saturated carbocycles. The maximum atomic E-state index is 13.7. The molecule has 0 bridgehead atoms. The second-order valence-electron chi connectivity index (χ2n) is 8.04. The predicted octanol–water partition coefficient (Wildman–Crippen LogP) is 6.42. The summed E-state index contributed by atoms with van der Waals surface area (Å²) in [5.74, 6) is -3.43. The van der Waals surface area contributed by atoms with Gasteiger partial charge < -0.3 is 5.32 Å². The van der Waals surface area contributed by atoms with Gasteiger partial charge in [0, 0.05) is 5.69 Å². The summed E-state index contributed by atoms with van der Waals surface area (Å²) in [4.78, 5) is 29.5. The molecule has 3 aromatic carbocycles. The summed E-state index contributed by atoms with van der Waals surface area (Å²) < 4.78 is 65.8. The fourth-order valence-corrected chi connectivity index (χ4v) is 3.19. The third-order valence-corrected chi connectivity index (χ3v) is 5.04. The summed E-state index contributed by atoms with van der Waals surface area (Å²) in [5, 5.41) is 4.23. The first-order valence-electron chi connectivity index (χ1n) is 10.8. The van der Waals surface area contributed by atoms with Crippen LogP contribution in [-0.4, -0.2) is 11.9 Å². The van der Waals surface area contributed by atoms with E-state index in [0.717, 1.165) is 35.9 Å². The minimum Gasteiger partial charge on any atom is -0.308 e. The molecule has 0 heterocycles. The molecule has 11 heteroatoms. The Bertz CT molecular complexity index is 1280. The lowest BCUT2D eigenvalue weighted by Crippen LogP contribution is -2.35. The van der Waals surface area contributed by atoms with Gasteiger partial charge in [0.15, 0.2) is 0 Å². The van der Waals surface area contributed by atoms with Gasteiger partial charge in [0.1, 0.15) is 17.2 Å². The van der Waals surface area contributed by atoms with Crippen LogP contribution in [0.5, 0.6) is 0 Å². The van der Waals surface area contributed by atoms with Crippen molar-refractivity contribution in [3.63, 3.8) is 0 Å². The van der Waals surface area contributed by atoms with Crippen LogP contribution in [0, 0.1) is 11.6 Å². The van der Waals surface area contributed by atoms with Crippen LogP contribution in [0.4, 0.5) is 32.4 Å². The van der Waals surface area contributed by atoms with Crippen LogP contribution in [0.1, 0.15) is 40.9 Å². The molecular weight excluding hydrogens is 497 g/mol. The van der Waals surface area contributed by atoms with Crippen LogP contribution in [-0.2, 0) is 17.6 Å². The van der Waals surface area contributed by atoms with E-state index in [1.807, 2.05) is 5.32 Å². The second-order valence-corrected chi connectivity index (χ2v) is 8.04. The van der Waals surface area contributed by atoms with Gasteiger partial charge in [-0.15, -0.1) is 0 Å². The fraction of sp³-hybridized carbons (Fsp3) is 0.154. The Balaban J connectivity index is 1.53. The highest BCUT2D eigenvalue weighted by atomic mass is 19.4. The molecule has 0 aromatic heterocycles. The number of allylic oxidation sites excluding steroid dienone is 1. The van der Waals surface area contributed by atoms with Crippen LogP contribution in [0.3, 0.4) is 0 Å². The zero-order valence-corrected chi connectivity index (χ0v) is 19.7. The Morgan fingerprint density at radius 2 is 1.46 bits per heavy atom. The van der Waals surface area contributed by atoms with Crippen LogP contribution in [0.25, 0.3) is 5.70 Å². The monoisotopic (exact) mass is 519 g/mol. The molecule has 6 nitrogen and oxygen atoms in total. The summed E-state index contributed by atoms with van der Waals surface area (Å²) in [7, 11) is 0. The van der Waals surface area contributed by atoms with E-state index in [1.54, 1.807) is 26.0 Å². The molecule has 0 aliphatic rings. The number of nitrogens with one attached hydrogen (secondary N) is 3. The predicted molar refractivity (Wildman–Crippen MR) is 127 cm³/mol. The lowest BCUT2D eigenvalue weighted by Gasteiger charge is -2.15. The molecule has 3 N–H and O–H groups in total. The summed E-state index contributed by atoms with van der Waals surface area (Å²) in [5.41, 5.74) is 3.93. The number of urea groups is 1. The SMILES string of the molecule is CC(C)=C(NOCc1ccc(NC(=O)NC(=O)c2c(F)cccc2F)cc1)c1ccc(C(F)(F)F)cc1. The van der Waals surface area contributed by atoms with Crippen LogP contribution in [0.2, 0.25) is 0 Å².